The Morgan fingerprint density at radius 1 is 0.970 bits per heavy atom. The van der Waals surface area contributed by atoms with Gasteiger partial charge in [-0.05, 0) is 55.2 Å². The first-order valence-electron chi connectivity index (χ1n) is 11.8. The molecule has 1 heterocycles. The summed E-state index contributed by atoms with van der Waals surface area (Å²) in [6.07, 6.45) is 3.59. The van der Waals surface area contributed by atoms with Gasteiger partial charge in [0.2, 0.25) is 11.8 Å². The van der Waals surface area contributed by atoms with Crippen LogP contribution >= 0.6 is 0 Å². The number of hydrogen-bond donors (Lipinski definition) is 0. The van der Waals surface area contributed by atoms with Crippen molar-refractivity contribution in [2.75, 3.05) is 32.1 Å². The first-order valence-corrected chi connectivity index (χ1v) is 11.8. The summed E-state index contributed by atoms with van der Waals surface area (Å²) in [7, 11) is 3.45. The van der Waals surface area contributed by atoms with E-state index in [-0.39, 0.29) is 30.1 Å². The molecular formula is C27H35N3O3. The zero-order valence-corrected chi connectivity index (χ0v) is 20.2. The molecule has 1 atom stereocenters. The van der Waals surface area contributed by atoms with E-state index < -0.39 is 0 Å². The number of rotatable bonds is 9. The number of hydrogen-bond acceptors (Lipinski definition) is 3. The Hall–Kier alpha value is -3.15. The van der Waals surface area contributed by atoms with E-state index in [9.17, 15) is 14.4 Å². The molecule has 0 N–H and O–H groups in total. The minimum atomic E-state index is -0.341. The lowest BCUT2D eigenvalue weighted by atomic mass is 10.1. The van der Waals surface area contributed by atoms with Crippen LogP contribution in [0, 0.1) is 5.92 Å². The second kappa shape index (κ2) is 11.1. The van der Waals surface area contributed by atoms with E-state index in [1.54, 1.807) is 40.9 Å². The van der Waals surface area contributed by atoms with Gasteiger partial charge in [0.05, 0.1) is 5.92 Å². The van der Waals surface area contributed by atoms with Crippen molar-refractivity contribution in [3.8, 4) is 0 Å². The largest absolute Gasteiger partial charge is 0.345 e. The van der Waals surface area contributed by atoms with Crippen molar-refractivity contribution < 1.29 is 14.4 Å². The van der Waals surface area contributed by atoms with E-state index in [0.717, 1.165) is 30.5 Å². The molecule has 33 heavy (non-hydrogen) atoms. The van der Waals surface area contributed by atoms with Crippen LogP contribution in [0.1, 0.15) is 54.6 Å². The van der Waals surface area contributed by atoms with Gasteiger partial charge < -0.3 is 14.7 Å². The number of benzene rings is 2. The Morgan fingerprint density at radius 3 is 2.18 bits per heavy atom. The van der Waals surface area contributed by atoms with Crippen LogP contribution in [0.2, 0.25) is 0 Å². The maximum atomic E-state index is 13.2. The van der Waals surface area contributed by atoms with Crippen LogP contribution in [0.3, 0.4) is 0 Å². The summed E-state index contributed by atoms with van der Waals surface area (Å²) < 4.78 is 0. The maximum absolute atomic E-state index is 13.2. The Balaban J connectivity index is 1.63. The standard InChI is InChI=1S/C27H35N3O3/c1-5-7-8-20-11-15-24(16-12-20)30-19-23(17-25(30)31)27(33)29(6-2)18-21-9-13-22(14-10-21)26(32)28(3)4/h9-16,23H,5-8,17-19H2,1-4H3. The average molecular weight is 450 g/mol. The minimum absolute atomic E-state index is 0.00126. The smallest absolute Gasteiger partial charge is 0.253 e. The predicted molar refractivity (Wildman–Crippen MR) is 131 cm³/mol. The number of carbonyl (C=O) groups is 3. The fourth-order valence-corrected chi connectivity index (χ4v) is 4.18. The third kappa shape index (κ3) is 6.01. The lowest BCUT2D eigenvalue weighted by Gasteiger charge is -2.24. The van der Waals surface area contributed by atoms with E-state index in [4.69, 9.17) is 0 Å². The van der Waals surface area contributed by atoms with E-state index in [2.05, 4.69) is 19.1 Å². The molecule has 6 heteroatoms. The van der Waals surface area contributed by atoms with Crippen LogP contribution in [0.4, 0.5) is 5.69 Å². The first-order chi connectivity index (χ1) is 15.8. The molecule has 0 saturated carbocycles. The Labute approximate surface area is 197 Å². The monoisotopic (exact) mass is 449 g/mol. The molecule has 1 saturated heterocycles. The van der Waals surface area contributed by atoms with Crippen LogP contribution in [0.25, 0.3) is 0 Å². The molecule has 0 aliphatic carbocycles. The maximum Gasteiger partial charge on any atom is 0.253 e. The molecule has 2 aromatic carbocycles. The number of unbranched alkanes of at least 4 members (excludes halogenated alkanes) is 1. The SMILES string of the molecule is CCCCc1ccc(N2CC(C(=O)N(CC)Cc3ccc(C(=O)N(C)C)cc3)CC2=O)cc1. The topological polar surface area (TPSA) is 60.9 Å². The molecule has 2 aromatic rings. The molecule has 1 aliphatic rings. The molecule has 3 rings (SSSR count). The molecule has 6 nitrogen and oxygen atoms in total. The summed E-state index contributed by atoms with van der Waals surface area (Å²) in [6, 6.07) is 15.5. The Morgan fingerprint density at radius 2 is 1.61 bits per heavy atom. The number of nitrogens with zero attached hydrogens (tertiary/aromatic N) is 3. The second-order valence-electron chi connectivity index (χ2n) is 8.92. The Kier molecular flexibility index (Phi) is 8.26. The number of aryl methyl sites for hydroxylation is 1. The van der Waals surface area contributed by atoms with Crippen molar-refractivity contribution in [1.29, 1.82) is 0 Å². The number of anilines is 1. The van der Waals surface area contributed by atoms with Gasteiger partial charge in [-0.3, -0.25) is 14.4 Å². The highest BCUT2D eigenvalue weighted by atomic mass is 16.2. The van der Waals surface area contributed by atoms with Crippen LogP contribution in [-0.4, -0.2) is 54.7 Å². The van der Waals surface area contributed by atoms with Gasteiger partial charge in [-0.1, -0.05) is 37.6 Å². The van der Waals surface area contributed by atoms with Gasteiger partial charge in [0.1, 0.15) is 0 Å². The minimum Gasteiger partial charge on any atom is -0.345 e. The van der Waals surface area contributed by atoms with Crippen LogP contribution < -0.4 is 4.90 Å². The zero-order chi connectivity index (χ0) is 24.0. The van der Waals surface area contributed by atoms with Crippen LogP contribution in [-0.2, 0) is 22.6 Å². The molecule has 0 bridgehead atoms. The van der Waals surface area contributed by atoms with Gasteiger partial charge in [0.25, 0.3) is 5.91 Å². The van der Waals surface area contributed by atoms with Gasteiger partial charge in [0, 0.05) is 51.4 Å². The second-order valence-corrected chi connectivity index (χ2v) is 8.92. The summed E-state index contributed by atoms with van der Waals surface area (Å²) in [5.74, 6) is -0.390. The van der Waals surface area contributed by atoms with Crippen molar-refractivity contribution in [3.63, 3.8) is 0 Å². The highest BCUT2D eigenvalue weighted by Gasteiger charge is 2.37. The van der Waals surface area contributed by atoms with Gasteiger partial charge in [0.15, 0.2) is 0 Å². The fraction of sp³-hybridized carbons (Fsp3) is 0.444. The lowest BCUT2D eigenvalue weighted by Crippen LogP contribution is -2.37. The Bertz CT molecular complexity index is 967. The zero-order valence-electron chi connectivity index (χ0n) is 20.2. The average Bonchev–Trinajstić information content (AvgIpc) is 3.22. The summed E-state index contributed by atoms with van der Waals surface area (Å²) in [5.41, 5.74) is 3.72. The van der Waals surface area contributed by atoms with E-state index >= 15 is 0 Å². The third-order valence-corrected chi connectivity index (χ3v) is 6.22. The van der Waals surface area contributed by atoms with Crippen molar-refractivity contribution in [3.05, 3.63) is 65.2 Å². The van der Waals surface area contributed by atoms with Crippen LogP contribution in [0.5, 0.6) is 0 Å². The molecule has 1 unspecified atom stereocenters. The summed E-state index contributed by atoms with van der Waals surface area (Å²) in [4.78, 5) is 43.1. The van der Waals surface area contributed by atoms with Gasteiger partial charge in [-0.25, -0.2) is 0 Å². The van der Waals surface area contributed by atoms with Crippen LogP contribution in [0.15, 0.2) is 48.5 Å². The number of carbonyl (C=O) groups excluding carboxylic acids is 3. The molecule has 1 fully saturated rings. The molecule has 3 amide bonds. The van der Waals surface area contributed by atoms with Crippen molar-refractivity contribution >= 4 is 23.4 Å². The molecule has 1 aliphatic heterocycles. The summed E-state index contributed by atoms with van der Waals surface area (Å²) >= 11 is 0. The quantitative estimate of drug-likeness (QED) is 0.578. The molecular weight excluding hydrogens is 414 g/mol. The van der Waals surface area contributed by atoms with E-state index in [1.165, 1.54) is 5.56 Å². The fourth-order valence-electron chi connectivity index (χ4n) is 4.18. The van der Waals surface area contributed by atoms with Gasteiger partial charge in [-0.15, -0.1) is 0 Å². The third-order valence-electron chi connectivity index (χ3n) is 6.22. The van der Waals surface area contributed by atoms with Crippen molar-refractivity contribution in [1.82, 2.24) is 9.80 Å². The van der Waals surface area contributed by atoms with Crippen molar-refractivity contribution in [2.45, 2.75) is 46.1 Å². The highest BCUT2D eigenvalue weighted by molar-refractivity contribution is 6.00. The van der Waals surface area contributed by atoms with Crippen molar-refractivity contribution in [2.24, 2.45) is 5.92 Å². The summed E-state index contributed by atoms with van der Waals surface area (Å²) in [5, 5.41) is 0. The molecule has 176 valence electrons. The van der Waals surface area contributed by atoms with E-state index in [1.807, 2.05) is 31.2 Å². The predicted octanol–water partition coefficient (Wildman–Crippen LogP) is 4.13. The van der Waals surface area contributed by atoms with E-state index in [0.29, 0.717) is 25.2 Å². The normalized spacial score (nSPS) is 15.6. The molecule has 0 radical (unpaired) electrons. The summed E-state index contributed by atoms with van der Waals surface area (Å²) in [6.45, 7) is 5.57. The molecule has 0 aromatic heterocycles. The van der Waals surface area contributed by atoms with Gasteiger partial charge >= 0.3 is 0 Å². The lowest BCUT2D eigenvalue weighted by molar-refractivity contribution is -0.136. The molecule has 0 spiro atoms. The highest BCUT2D eigenvalue weighted by Crippen LogP contribution is 2.27. The first kappa shape index (κ1) is 24.5. The number of amides is 3. The van der Waals surface area contributed by atoms with Gasteiger partial charge in [-0.2, -0.15) is 0 Å².